The van der Waals surface area contributed by atoms with Crippen molar-refractivity contribution in [3.63, 3.8) is 0 Å². The lowest BCUT2D eigenvalue weighted by molar-refractivity contribution is 0.0477. The highest BCUT2D eigenvalue weighted by molar-refractivity contribution is 5.94. The van der Waals surface area contributed by atoms with Crippen molar-refractivity contribution in [2.45, 2.75) is 19.4 Å². The molecular weight excluding hydrogens is 230 g/mol. The average molecular weight is 249 g/mol. The molecule has 0 aliphatic carbocycles. The highest BCUT2D eigenvalue weighted by atomic mass is 16.2. The molecule has 1 N–H and O–H groups in total. The van der Waals surface area contributed by atoms with E-state index >= 15 is 0 Å². The molecule has 0 radical (unpaired) electrons. The predicted molar refractivity (Wildman–Crippen MR) is 69.7 cm³/mol. The van der Waals surface area contributed by atoms with Gasteiger partial charge in [-0.15, -0.1) is 0 Å². The Balaban J connectivity index is 2.30. The fourth-order valence-corrected chi connectivity index (χ4v) is 2.20. The van der Waals surface area contributed by atoms with Crippen LogP contribution in [0.2, 0.25) is 0 Å². The van der Waals surface area contributed by atoms with Crippen LogP contribution in [0.3, 0.4) is 0 Å². The van der Waals surface area contributed by atoms with E-state index in [1.807, 2.05) is 18.7 Å². The van der Waals surface area contributed by atoms with E-state index in [2.05, 4.69) is 5.32 Å². The van der Waals surface area contributed by atoms with E-state index < -0.39 is 0 Å². The predicted octanol–water partition coefficient (Wildman–Crippen LogP) is 0.209. The summed E-state index contributed by atoms with van der Waals surface area (Å²) in [6.07, 6.45) is 1.63. The van der Waals surface area contributed by atoms with Gasteiger partial charge in [-0.05, 0) is 19.9 Å². The van der Waals surface area contributed by atoms with Crippen molar-refractivity contribution in [3.8, 4) is 0 Å². The van der Waals surface area contributed by atoms with E-state index in [0.717, 1.165) is 13.1 Å². The minimum atomic E-state index is -0.226. The molecule has 0 saturated carbocycles. The second-order valence-electron chi connectivity index (χ2n) is 5.31. The van der Waals surface area contributed by atoms with Crippen molar-refractivity contribution in [3.05, 3.63) is 34.2 Å². The lowest BCUT2D eigenvalue weighted by atomic mass is 9.99. The maximum atomic E-state index is 12.4. The first-order valence-corrected chi connectivity index (χ1v) is 6.11. The van der Waals surface area contributed by atoms with Crippen molar-refractivity contribution in [2.75, 3.05) is 19.6 Å². The lowest BCUT2D eigenvalue weighted by Gasteiger charge is -2.42. The molecule has 0 aromatic carbocycles. The summed E-state index contributed by atoms with van der Waals surface area (Å²) in [5, 5.41) is 3.27. The number of aromatic nitrogens is 1. The number of carbonyl (C=O) groups excluding carboxylic acids is 1. The summed E-state index contributed by atoms with van der Waals surface area (Å²) in [5.74, 6) is -0.0702. The summed E-state index contributed by atoms with van der Waals surface area (Å²) in [5.41, 5.74) is 0.0815. The number of piperazine rings is 1. The maximum Gasteiger partial charge on any atom is 0.254 e. The molecule has 1 saturated heterocycles. The van der Waals surface area contributed by atoms with Crippen LogP contribution < -0.4 is 10.9 Å². The van der Waals surface area contributed by atoms with Crippen molar-refractivity contribution < 1.29 is 4.79 Å². The molecule has 1 fully saturated rings. The molecule has 1 amide bonds. The van der Waals surface area contributed by atoms with Crippen LogP contribution in [0.5, 0.6) is 0 Å². The van der Waals surface area contributed by atoms with Crippen LogP contribution in [0.25, 0.3) is 0 Å². The highest BCUT2D eigenvalue weighted by Crippen LogP contribution is 2.18. The van der Waals surface area contributed by atoms with Gasteiger partial charge in [0.15, 0.2) is 0 Å². The van der Waals surface area contributed by atoms with E-state index in [0.29, 0.717) is 12.1 Å². The molecule has 1 aliphatic heterocycles. The van der Waals surface area contributed by atoms with E-state index in [1.165, 1.54) is 10.6 Å². The van der Waals surface area contributed by atoms with Crippen LogP contribution in [-0.2, 0) is 7.05 Å². The molecule has 0 unspecified atom stereocenters. The summed E-state index contributed by atoms with van der Waals surface area (Å²) < 4.78 is 1.46. The molecule has 1 aromatic rings. The molecule has 2 rings (SSSR count). The fourth-order valence-electron chi connectivity index (χ4n) is 2.20. The zero-order valence-electron chi connectivity index (χ0n) is 11.1. The number of amides is 1. The molecule has 0 atom stereocenters. The summed E-state index contributed by atoms with van der Waals surface area (Å²) in [6, 6.07) is 3.10. The fraction of sp³-hybridized carbons (Fsp3) is 0.538. The molecule has 0 spiro atoms. The molecule has 5 nitrogen and oxygen atoms in total. The minimum absolute atomic E-state index is 0.0702. The third-order valence-corrected chi connectivity index (χ3v) is 3.40. The van der Waals surface area contributed by atoms with E-state index in [1.54, 1.807) is 19.3 Å². The standard InChI is InChI=1S/C13H19N3O2/c1-13(2)9-14-5-7-16(13)12(18)10-4-6-15(3)11(17)8-10/h4,6,8,14H,5,7,9H2,1-3H3. The number of hydrogen-bond donors (Lipinski definition) is 1. The minimum Gasteiger partial charge on any atom is -0.331 e. The molecule has 2 heterocycles. The SMILES string of the molecule is Cn1ccc(C(=O)N2CCNCC2(C)C)cc1=O. The third kappa shape index (κ3) is 2.31. The summed E-state index contributed by atoms with van der Waals surface area (Å²) in [4.78, 5) is 25.8. The zero-order valence-corrected chi connectivity index (χ0v) is 11.1. The third-order valence-electron chi connectivity index (χ3n) is 3.40. The van der Waals surface area contributed by atoms with Gasteiger partial charge in [0.1, 0.15) is 0 Å². The molecular formula is C13H19N3O2. The summed E-state index contributed by atoms with van der Waals surface area (Å²) in [7, 11) is 1.67. The van der Waals surface area contributed by atoms with E-state index in [-0.39, 0.29) is 17.0 Å². The molecule has 98 valence electrons. The smallest absolute Gasteiger partial charge is 0.254 e. The Hall–Kier alpha value is -1.62. The molecule has 18 heavy (non-hydrogen) atoms. The Morgan fingerprint density at radius 3 is 2.78 bits per heavy atom. The van der Waals surface area contributed by atoms with Crippen molar-refractivity contribution in [2.24, 2.45) is 7.05 Å². The van der Waals surface area contributed by atoms with Crippen LogP contribution in [0.15, 0.2) is 23.1 Å². The van der Waals surface area contributed by atoms with Gasteiger partial charge >= 0.3 is 0 Å². The van der Waals surface area contributed by atoms with Crippen LogP contribution in [0.4, 0.5) is 0 Å². The quantitative estimate of drug-likeness (QED) is 0.774. The Morgan fingerprint density at radius 2 is 2.17 bits per heavy atom. The van der Waals surface area contributed by atoms with Gasteiger partial charge in [0, 0.05) is 44.5 Å². The van der Waals surface area contributed by atoms with Crippen LogP contribution >= 0.6 is 0 Å². The zero-order chi connectivity index (χ0) is 13.3. The molecule has 5 heteroatoms. The number of nitrogens with one attached hydrogen (secondary N) is 1. The van der Waals surface area contributed by atoms with E-state index in [4.69, 9.17) is 0 Å². The highest BCUT2D eigenvalue weighted by Gasteiger charge is 2.33. The van der Waals surface area contributed by atoms with Gasteiger partial charge in [-0.1, -0.05) is 0 Å². The molecule has 1 aliphatic rings. The first kappa shape index (κ1) is 12.8. The Bertz CT molecular complexity index is 519. The number of carbonyl (C=O) groups is 1. The number of hydrogen-bond acceptors (Lipinski definition) is 3. The monoisotopic (exact) mass is 249 g/mol. The second-order valence-corrected chi connectivity index (χ2v) is 5.31. The summed E-state index contributed by atoms with van der Waals surface area (Å²) >= 11 is 0. The van der Waals surface area contributed by atoms with Gasteiger partial charge < -0.3 is 14.8 Å². The van der Waals surface area contributed by atoms with Gasteiger partial charge in [-0.3, -0.25) is 9.59 Å². The van der Waals surface area contributed by atoms with Gasteiger partial charge in [0.05, 0.1) is 5.54 Å². The maximum absolute atomic E-state index is 12.4. The number of pyridine rings is 1. The normalized spacial score (nSPS) is 18.7. The largest absolute Gasteiger partial charge is 0.331 e. The first-order valence-electron chi connectivity index (χ1n) is 6.11. The van der Waals surface area contributed by atoms with Gasteiger partial charge in [0.25, 0.3) is 11.5 Å². The van der Waals surface area contributed by atoms with Gasteiger partial charge in [-0.2, -0.15) is 0 Å². The van der Waals surface area contributed by atoms with E-state index in [9.17, 15) is 9.59 Å². The Labute approximate surface area is 106 Å². The van der Waals surface area contributed by atoms with Crippen LogP contribution in [0, 0.1) is 0 Å². The summed E-state index contributed by atoms with van der Waals surface area (Å²) in [6.45, 7) is 6.28. The number of rotatable bonds is 1. The number of nitrogens with zero attached hydrogens (tertiary/aromatic N) is 2. The molecule has 1 aromatic heterocycles. The van der Waals surface area contributed by atoms with Gasteiger partial charge in [-0.25, -0.2) is 0 Å². The molecule has 0 bridgehead atoms. The number of aryl methyl sites for hydroxylation is 1. The first-order chi connectivity index (χ1) is 8.42. The Kier molecular flexibility index (Phi) is 3.26. The Morgan fingerprint density at radius 1 is 1.44 bits per heavy atom. The van der Waals surface area contributed by atoms with Crippen LogP contribution in [0.1, 0.15) is 24.2 Å². The lowest BCUT2D eigenvalue weighted by Crippen LogP contribution is -2.59. The van der Waals surface area contributed by atoms with Crippen LogP contribution in [-0.4, -0.2) is 40.5 Å². The van der Waals surface area contributed by atoms with Crippen molar-refractivity contribution in [1.82, 2.24) is 14.8 Å². The van der Waals surface area contributed by atoms with Gasteiger partial charge in [0.2, 0.25) is 0 Å². The topological polar surface area (TPSA) is 54.3 Å². The van der Waals surface area contributed by atoms with Crippen molar-refractivity contribution in [1.29, 1.82) is 0 Å². The van der Waals surface area contributed by atoms with Crippen molar-refractivity contribution >= 4 is 5.91 Å². The second kappa shape index (κ2) is 4.57. The average Bonchev–Trinajstić information content (AvgIpc) is 2.31.